The fourth-order valence-electron chi connectivity index (χ4n) is 3.50. The van der Waals surface area contributed by atoms with Gasteiger partial charge in [0.15, 0.2) is 5.78 Å². The molecule has 0 radical (unpaired) electrons. The van der Waals surface area contributed by atoms with E-state index in [4.69, 9.17) is 21.1 Å². The molecule has 0 amide bonds. The third kappa shape index (κ3) is 8.11. The van der Waals surface area contributed by atoms with Gasteiger partial charge in [-0.3, -0.25) is 24.3 Å². The Morgan fingerprint density at radius 2 is 1.95 bits per heavy atom. The first-order valence-electron chi connectivity index (χ1n) is 11.6. The largest absolute Gasteiger partial charge is 0.462 e. The summed E-state index contributed by atoms with van der Waals surface area (Å²) < 4.78 is 11.8. The number of aryl methyl sites for hydroxylation is 1. The zero-order chi connectivity index (χ0) is 27.0. The molecule has 10 nitrogen and oxygen atoms in total. The number of carbonyl (C=O) groups excluding carboxylic acids is 3. The predicted octanol–water partition coefficient (Wildman–Crippen LogP) is 3.45. The molecule has 37 heavy (non-hydrogen) atoms. The highest BCUT2D eigenvalue weighted by Gasteiger charge is 2.30. The van der Waals surface area contributed by atoms with E-state index in [0.717, 1.165) is 4.88 Å². The highest BCUT2D eigenvalue weighted by atomic mass is 35.5. The SMILES string of the molecule is CC(=O)OCCOC(=O)CCn1cccc(-c2cc(C(=O)C(C)(C)CNCc3ccc(Cl)s3)[nH]n2)c1=O. The minimum atomic E-state index is -0.725. The highest BCUT2D eigenvalue weighted by Crippen LogP contribution is 2.24. The summed E-state index contributed by atoms with van der Waals surface area (Å²) in [4.78, 5) is 49.8. The number of carbonyl (C=O) groups is 3. The average Bonchev–Trinajstić information content (AvgIpc) is 3.49. The molecule has 2 N–H and O–H groups in total. The minimum Gasteiger partial charge on any atom is -0.462 e. The van der Waals surface area contributed by atoms with Crippen LogP contribution >= 0.6 is 22.9 Å². The molecule has 0 atom stereocenters. The van der Waals surface area contributed by atoms with Gasteiger partial charge in [0.1, 0.15) is 18.9 Å². The first kappa shape index (κ1) is 28.3. The normalized spacial score (nSPS) is 11.4. The summed E-state index contributed by atoms with van der Waals surface area (Å²) in [5, 5.41) is 10.2. The second kappa shape index (κ2) is 12.8. The number of H-pyrrole nitrogens is 1. The number of aromatic amines is 1. The summed E-state index contributed by atoms with van der Waals surface area (Å²) in [6.45, 7) is 6.01. The molecule has 3 aromatic heterocycles. The van der Waals surface area contributed by atoms with E-state index in [1.165, 1.54) is 22.8 Å². The standard InChI is InChI=1S/C25H29ClN4O6S/c1-16(31)35-11-12-36-22(32)8-10-30-9-4-5-18(24(30)34)19-13-20(29-28-19)23(33)25(2,3)15-27-14-17-6-7-21(26)37-17/h4-7,9,13,27H,8,10-12,14-15H2,1-3H3,(H,28,29). The van der Waals surface area contributed by atoms with Gasteiger partial charge in [-0.1, -0.05) is 25.4 Å². The lowest BCUT2D eigenvalue weighted by atomic mass is 9.86. The predicted molar refractivity (Wildman–Crippen MR) is 140 cm³/mol. The van der Waals surface area contributed by atoms with Crippen molar-refractivity contribution in [3.63, 3.8) is 0 Å². The maximum absolute atomic E-state index is 13.1. The minimum absolute atomic E-state index is 0.0207. The van der Waals surface area contributed by atoms with Crippen LogP contribution in [0.1, 0.15) is 42.6 Å². The number of aromatic nitrogens is 3. The van der Waals surface area contributed by atoms with Gasteiger partial charge in [-0.25, -0.2) is 0 Å². The maximum atomic E-state index is 13.1. The van der Waals surface area contributed by atoms with Crippen molar-refractivity contribution < 1.29 is 23.9 Å². The second-order valence-electron chi connectivity index (χ2n) is 8.92. The van der Waals surface area contributed by atoms with Crippen molar-refractivity contribution in [3.8, 4) is 11.3 Å². The topological polar surface area (TPSA) is 132 Å². The van der Waals surface area contributed by atoms with Crippen LogP contribution in [0.5, 0.6) is 0 Å². The molecule has 0 fully saturated rings. The van der Waals surface area contributed by atoms with Crippen LogP contribution in [0.15, 0.2) is 41.3 Å². The Morgan fingerprint density at radius 1 is 1.19 bits per heavy atom. The number of nitrogens with zero attached hydrogens (tertiary/aromatic N) is 2. The third-order valence-corrected chi connectivity index (χ3v) is 6.67. The molecule has 0 aliphatic rings. The fourth-order valence-corrected chi connectivity index (χ4v) is 4.56. The Kier molecular flexibility index (Phi) is 9.79. The molecule has 0 bridgehead atoms. The zero-order valence-electron chi connectivity index (χ0n) is 20.8. The van der Waals surface area contributed by atoms with Crippen LogP contribution in [-0.4, -0.2) is 52.2 Å². The van der Waals surface area contributed by atoms with Gasteiger partial charge < -0.3 is 19.4 Å². The average molecular weight is 549 g/mol. The highest BCUT2D eigenvalue weighted by molar-refractivity contribution is 7.16. The molecule has 0 saturated heterocycles. The summed E-state index contributed by atoms with van der Waals surface area (Å²) in [5.41, 5.74) is -0.143. The Balaban J connectivity index is 1.59. The molecule has 0 saturated carbocycles. The molecule has 0 aliphatic heterocycles. The van der Waals surface area contributed by atoms with E-state index in [1.54, 1.807) is 24.4 Å². The monoisotopic (exact) mass is 548 g/mol. The maximum Gasteiger partial charge on any atom is 0.307 e. The van der Waals surface area contributed by atoms with E-state index < -0.39 is 17.4 Å². The Labute approximate surface area is 222 Å². The Hall–Kier alpha value is -3.28. The van der Waals surface area contributed by atoms with Gasteiger partial charge in [-0.05, 0) is 30.3 Å². The van der Waals surface area contributed by atoms with Crippen molar-refractivity contribution in [2.45, 2.75) is 40.3 Å². The zero-order valence-corrected chi connectivity index (χ0v) is 22.4. The number of thiophene rings is 1. The number of ketones is 1. The Morgan fingerprint density at radius 3 is 2.65 bits per heavy atom. The van der Waals surface area contributed by atoms with E-state index in [9.17, 15) is 19.2 Å². The molecule has 0 aliphatic carbocycles. The van der Waals surface area contributed by atoms with Gasteiger partial charge in [0, 0.05) is 43.0 Å². The molecular formula is C25H29ClN4O6S. The van der Waals surface area contributed by atoms with E-state index in [1.807, 2.05) is 26.0 Å². The summed E-state index contributed by atoms with van der Waals surface area (Å²) >= 11 is 7.45. The van der Waals surface area contributed by atoms with Crippen LogP contribution in [0.4, 0.5) is 0 Å². The van der Waals surface area contributed by atoms with Crippen molar-refractivity contribution in [3.05, 3.63) is 61.8 Å². The molecule has 198 valence electrons. The number of nitrogens with one attached hydrogen (secondary N) is 2. The van der Waals surface area contributed by atoms with Gasteiger partial charge in [0.25, 0.3) is 5.56 Å². The molecule has 12 heteroatoms. The number of hydrogen-bond donors (Lipinski definition) is 2. The first-order valence-corrected chi connectivity index (χ1v) is 12.8. The van der Waals surface area contributed by atoms with Crippen LogP contribution in [0.25, 0.3) is 11.3 Å². The van der Waals surface area contributed by atoms with Crippen molar-refractivity contribution >= 4 is 40.7 Å². The first-order chi connectivity index (χ1) is 17.6. The number of pyridine rings is 1. The number of hydrogen-bond acceptors (Lipinski definition) is 9. The second-order valence-corrected chi connectivity index (χ2v) is 10.7. The smallest absolute Gasteiger partial charge is 0.307 e. The van der Waals surface area contributed by atoms with E-state index in [-0.39, 0.29) is 37.5 Å². The van der Waals surface area contributed by atoms with Gasteiger partial charge in [-0.2, -0.15) is 5.10 Å². The lowest BCUT2D eigenvalue weighted by molar-refractivity contribution is -0.151. The molecule has 0 aromatic carbocycles. The lowest BCUT2D eigenvalue weighted by Gasteiger charge is -2.22. The van der Waals surface area contributed by atoms with Crippen molar-refractivity contribution in [2.75, 3.05) is 19.8 Å². The van der Waals surface area contributed by atoms with E-state index in [2.05, 4.69) is 15.5 Å². The third-order valence-electron chi connectivity index (χ3n) is 5.44. The van der Waals surface area contributed by atoms with Crippen molar-refractivity contribution in [1.82, 2.24) is 20.1 Å². The molecule has 3 aromatic rings. The van der Waals surface area contributed by atoms with E-state index >= 15 is 0 Å². The van der Waals surface area contributed by atoms with Crippen molar-refractivity contribution in [2.24, 2.45) is 5.41 Å². The molecule has 3 heterocycles. The molecule has 0 unspecified atom stereocenters. The summed E-state index contributed by atoms with van der Waals surface area (Å²) in [6, 6.07) is 8.62. The number of Topliss-reactive ketones (excluding diaryl/α,β-unsaturated/α-hetero) is 1. The van der Waals surface area contributed by atoms with Crippen LogP contribution in [0, 0.1) is 5.41 Å². The van der Waals surface area contributed by atoms with Gasteiger partial charge in [0.05, 0.1) is 22.0 Å². The molecular weight excluding hydrogens is 520 g/mol. The summed E-state index contributed by atoms with van der Waals surface area (Å²) in [6.07, 6.45) is 1.53. The molecule has 3 rings (SSSR count). The van der Waals surface area contributed by atoms with E-state index in [0.29, 0.717) is 34.4 Å². The van der Waals surface area contributed by atoms with Crippen LogP contribution < -0.4 is 10.9 Å². The van der Waals surface area contributed by atoms with Gasteiger partial charge in [-0.15, -0.1) is 11.3 Å². The van der Waals surface area contributed by atoms with Crippen molar-refractivity contribution in [1.29, 1.82) is 0 Å². The van der Waals surface area contributed by atoms with Gasteiger partial charge >= 0.3 is 11.9 Å². The Bertz CT molecular complexity index is 1310. The fraction of sp³-hybridized carbons (Fsp3) is 0.400. The van der Waals surface area contributed by atoms with Crippen LogP contribution in [-0.2, 0) is 32.2 Å². The number of esters is 2. The van der Waals surface area contributed by atoms with Crippen LogP contribution in [0.2, 0.25) is 4.34 Å². The number of halogens is 1. The quantitative estimate of drug-likeness (QED) is 0.188. The van der Waals surface area contributed by atoms with Gasteiger partial charge in [0.2, 0.25) is 0 Å². The summed E-state index contributed by atoms with van der Waals surface area (Å²) in [7, 11) is 0. The van der Waals surface area contributed by atoms with Crippen LogP contribution in [0.3, 0.4) is 0 Å². The molecule has 0 spiro atoms. The number of rotatable bonds is 13. The summed E-state index contributed by atoms with van der Waals surface area (Å²) in [5.74, 6) is -1.12. The number of ether oxygens (including phenoxy) is 2. The lowest BCUT2D eigenvalue weighted by Crippen LogP contribution is -2.36.